The largest absolute Gasteiger partial charge is 0.451 e. The van der Waals surface area contributed by atoms with Crippen molar-refractivity contribution in [3.63, 3.8) is 0 Å². The van der Waals surface area contributed by atoms with Crippen molar-refractivity contribution in [2.45, 2.75) is 19.0 Å². The number of nitrogens with two attached hydrogens (primary N) is 1. The van der Waals surface area contributed by atoms with Gasteiger partial charge < -0.3 is 15.1 Å². The highest BCUT2D eigenvalue weighted by Gasteiger charge is 2.35. The molecular formula is C20H16N2O4. The number of rotatable bonds is 2. The van der Waals surface area contributed by atoms with Crippen LogP contribution in [0.3, 0.4) is 0 Å². The molecular weight excluding hydrogens is 332 g/mol. The molecule has 130 valence electrons. The molecule has 2 aromatic carbocycles. The van der Waals surface area contributed by atoms with E-state index in [1.807, 2.05) is 24.3 Å². The van der Waals surface area contributed by atoms with Crippen LogP contribution in [0, 0.1) is 0 Å². The predicted octanol–water partition coefficient (Wildman–Crippen LogP) is 1.85. The van der Waals surface area contributed by atoms with E-state index in [0.29, 0.717) is 17.4 Å². The summed E-state index contributed by atoms with van der Waals surface area (Å²) in [7, 11) is 0. The second kappa shape index (κ2) is 6.15. The summed E-state index contributed by atoms with van der Waals surface area (Å²) in [6, 6.07) is 14.7. The quantitative estimate of drug-likeness (QED) is 0.765. The van der Waals surface area contributed by atoms with Gasteiger partial charge in [0.25, 0.3) is 5.91 Å². The van der Waals surface area contributed by atoms with Gasteiger partial charge in [-0.2, -0.15) is 0 Å². The molecule has 0 spiro atoms. The van der Waals surface area contributed by atoms with Gasteiger partial charge in [0.2, 0.25) is 5.91 Å². The standard InChI is InChI=1S/C20H16N2O4/c21-19(24)15-9-12-5-1-2-6-13(12)11-22(15)20(25)18-10-16(23)14-7-3-4-8-17(14)26-18/h1-8,10,15H,9,11H2,(H2,21,24). The zero-order chi connectivity index (χ0) is 18.3. The van der Waals surface area contributed by atoms with Gasteiger partial charge in [0.05, 0.1) is 5.39 Å². The van der Waals surface area contributed by atoms with Crippen LogP contribution >= 0.6 is 0 Å². The Labute approximate surface area is 148 Å². The molecule has 0 saturated heterocycles. The molecule has 2 heterocycles. The van der Waals surface area contributed by atoms with E-state index < -0.39 is 17.9 Å². The zero-order valence-corrected chi connectivity index (χ0v) is 13.8. The lowest BCUT2D eigenvalue weighted by atomic mass is 9.93. The Balaban J connectivity index is 1.77. The highest BCUT2D eigenvalue weighted by molar-refractivity contribution is 5.96. The van der Waals surface area contributed by atoms with Crippen molar-refractivity contribution in [2.75, 3.05) is 0 Å². The van der Waals surface area contributed by atoms with E-state index in [0.717, 1.165) is 11.1 Å². The minimum Gasteiger partial charge on any atom is -0.451 e. The Morgan fingerprint density at radius 2 is 1.73 bits per heavy atom. The van der Waals surface area contributed by atoms with Crippen LogP contribution in [-0.2, 0) is 17.8 Å². The second-order valence-corrected chi connectivity index (χ2v) is 6.30. The van der Waals surface area contributed by atoms with Crippen molar-refractivity contribution in [2.24, 2.45) is 5.73 Å². The van der Waals surface area contributed by atoms with E-state index in [4.69, 9.17) is 10.2 Å². The summed E-state index contributed by atoms with van der Waals surface area (Å²) >= 11 is 0. The van der Waals surface area contributed by atoms with Crippen molar-refractivity contribution >= 4 is 22.8 Å². The summed E-state index contributed by atoms with van der Waals surface area (Å²) in [6.07, 6.45) is 0.342. The maximum absolute atomic E-state index is 13.0. The average molecular weight is 348 g/mol. The molecule has 1 unspecified atom stereocenters. The predicted molar refractivity (Wildman–Crippen MR) is 95.5 cm³/mol. The van der Waals surface area contributed by atoms with Crippen molar-refractivity contribution in [3.05, 3.63) is 81.7 Å². The summed E-state index contributed by atoms with van der Waals surface area (Å²) in [5.41, 5.74) is 7.49. The van der Waals surface area contributed by atoms with Gasteiger partial charge in [0.1, 0.15) is 11.6 Å². The fourth-order valence-electron chi connectivity index (χ4n) is 3.34. The molecule has 1 aliphatic heterocycles. The molecule has 0 aliphatic carbocycles. The number of benzene rings is 2. The summed E-state index contributed by atoms with van der Waals surface area (Å²) in [5, 5.41) is 0.402. The summed E-state index contributed by atoms with van der Waals surface area (Å²) in [4.78, 5) is 38.6. The van der Waals surface area contributed by atoms with Gasteiger partial charge in [0, 0.05) is 19.0 Å². The smallest absolute Gasteiger partial charge is 0.290 e. The van der Waals surface area contributed by atoms with Gasteiger partial charge in [-0.3, -0.25) is 14.4 Å². The number of carbonyl (C=O) groups excluding carboxylic acids is 2. The SMILES string of the molecule is NC(=O)C1Cc2ccccc2CN1C(=O)c1cc(=O)c2ccccc2o1. The van der Waals surface area contributed by atoms with Gasteiger partial charge >= 0.3 is 0 Å². The van der Waals surface area contributed by atoms with Crippen LogP contribution < -0.4 is 11.2 Å². The Bertz CT molecular complexity index is 1090. The number of amides is 2. The Morgan fingerprint density at radius 1 is 1.04 bits per heavy atom. The average Bonchev–Trinajstić information content (AvgIpc) is 2.66. The van der Waals surface area contributed by atoms with Gasteiger partial charge in [-0.15, -0.1) is 0 Å². The van der Waals surface area contributed by atoms with Gasteiger partial charge in [-0.1, -0.05) is 36.4 Å². The summed E-state index contributed by atoms with van der Waals surface area (Å²) in [5.74, 6) is -1.21. The molecule has 0 radical (unpaired) electrons. The Kier molecular flexibility index (Phi) is 3.80. The molecule has 3 aromatic rings. The van der Waals surface area contributed by atoms with E-state index in [1.165, 1.54) is 11.0 Å². The topological polar surface area (TPSA) is 93.6 Å². The molecule has 6 heteroatoms. The van der Waals surface area contributed by atoms with Crippen molar-refractivity contribution in [3.8, 4) is 0 Å². The van der Waals surface area contributed by atoms with Crippen molar-refractivity contribution < 1.29 is 14.0 Å². The molecule has 2 N–H and O–H groups in total. The van der Waals surface area contributed by atoms with Crippen LogP contribution in [0.2, 0.25) is 0 Å². The first-order valence-corrected chi connectivity index (χ1v) is 8.24. The van der Waals surface area contributed by atoms with Gasteiger partial charge in [0.15, 0.2) is 11.2 Å². The maximum Gasteiger partial charge on any atom is 0.290 e. The van der Waals surface area contributed by atoms with Crippen LogP contribution in [0.15, 0.2) is 63.8 Å². The lowest BCUT2D eigenvalue weighted by Crippen LogP contribution is -2.51. The lowest BCUT2D eigenvalue weighted by molar-refractivity contribution is -0.122. The van der Waals surface area contributed by atoms with Crippen LogP contribution in [0.4, 0.5) is 0 Å². The third-order valence-corrected chi connectivity index (χ3v) is 4.68. The monoisotopic (exact) mass is 348 g/mol. The highest BCUT2D eigenvalue weighted by atomic mass is 16.3. The molecule has 0 saturated carbocycles. The maximum atomic E-state index is 13.0. The first-order valence-electron chi connectivity index (χ1n) is 8.24. The number of primary amides is 1. The number of para-hydroxylation sites is 1. The summed E-state index contributed by atoms with van der Waals surface area (Å²) in [6.45, 7) is 0.235. The number of carbonyl (C=O) groups is 2. The lowest BCUT2D eigenvalue weighted by Gasteiger charge is -2.34. The Morgan fingerprint density at radius 3 is 2.50 bits per heavy atom. The number of hydrogen-bond donors (Lipinski definition) is 1. The number of hydrogen-bond acceptors (Lipinski definition) is 4. The van der Waals surface area contributed by atoms with Gasteiger partial charge in [-0.25, -0.2) is 0 Å². The molecule has 1 aliphatic rings. The molecule has 0 bridgehead atoms. The summed E-state index contributed by atoms with van der Waals surface area (Å²) < 4.78 is 5.63. The fourth-order valence-corrected chi connectivity index (χ4v) is 3.34. The molecule has 4 rings (SSSR count). The minimum atomic E-state index is -0.783. The molecule has 1 atom stereocenters. The van der Waals surface area contributed by atoms with Gasteiger partial charge in [-0.05, 0) is 23.3 Å². The first-order chi connectivity index (χ1) is 12.5. The van der Waals surface area contributed by atoms with E-state index in [-0.39, 0.29) is 17.7 Å². The minimum absolute atomic E-state index is 0.0978. The van der Waals surface area contributed by atoms with E-state index in [9.17, 15) is 14.4 Å². The normalized spacial score (nSPS) is 16.3. The molecule has 2 amide bonds. The third-order valence-electron chi connectivity index (χ3n) is 4.68. The van der Waals surface area contributed by atoms with Crippen LogP contribution in [-0.4, -0.2) is 22.8 Å². The highest BCUT2D eigenvalue weighted by Crippen LogP contribution is 2.25. The van der Waals surface area contributed by atoms with E-state index in [2.05, 4.69) is 0 Å². The molecule has 26 heavy (non-hydrogen) atoms. The molecule has 1 aromatic heterocycles. The first kappa shape index (κ1) is 16.1. The number of nitrogens with zero attached hydrogens (tertiary/aromatic N) is 1. The Hall–Kier alpha value is -3.41. The van der Waals surface area contributed by atoms with Crippen LogP contribution in [0.1, 0.15) is 21.7 Å². The molecule has 6 nitrogen and oxygen atoms in total. The second-order valence-electron chi connectivity index (χ2n) is 6.30. The number of fused-ring (bicyclic) bond motifs is 2. The fraction of sp³-hybridized carbons (Fsp3) is 0.150. The van der Waals surface area contributed by atoms with Crippen LogP contribution in [0.25, 0.3) is 11.0 Å². The zero-order valence-electron chi connectivity index (χ0n) is 13.8. The van der Waals surface area contributed by atoms with Crippen LogP contribution in [0.5, 0.6) is 0 Å². The molecule has 0 fully saturated rings. The van der Waals surface area contributed by atoms with Crippen molar-refractivity contribution in [1.82, 2.24) is 4.90 Å². The van der Waals surface area contributed by atoms with E-state index >= 15 is 0 Å². The van der Waals surface area contributed by atoms with E-state index in [1.54, 1.807) is 24.3 Å². The van der Waals surface area contributed by atoms with Crippen molar-refractivity contribution in [1.29, 1.82) is 0 Å². The third kappa shape index (κ3) is 2.65.